The van der Waals surface area contributed by atoms with E-state index in [0.717, 1.165) is 84.6 Å². The normalized spacial score (nSPS) is 11.7. The quantitative estimate of drug-likeness (QED) is 0.0793. The molecule has 0 aliphatic carbocycles. The fourth-order valence-electron chi connectivity index (χ4n) is 9.87. The van der Waals surface area contributed by atoms with E-state index >= 15 is 0 Å². The Kier molecular flexibility index (Phi) is 16.5. The number of hydrogen-bond acceptors (Lipinski definition) is 3. The SMILES string of the molecule is CC(C)c1ccc(N(c2ccccc2)c2ccc(/C=C/c3cc(/C=C/c4ccc(N(c5ccccc5)c5ccc(C(C)C)cc5)cc4)cc(/C=C/c4ccc(N(c5ccccc5)c5ccc(C(C)C)cc5)cc4)c3)cc2)cc1. The first-order valence-electron chi connectivity index (χ1n) is 27.5. The summed E-state index contributed by atoms with van der Waals surface area (Å²) >= 11 is 0. The minimum absolute atomic E-state index is 0.474. The molecule has 0 heterocycles. The van der Waals surface area contributed by atoms with Crippen molar-refractivity contribution < 1.29 is 0 Å². The van der Waals surface area contributed by atoms with Gasteiger partial charge in [-0.3, -0.25) is 0 Å². The number of para-hydroxylation sites is 3. The highest BCUT2D eigenvalue weighted by Gasteiger charge is 2.16. The van der Waals surface area contributed by atoms with Crippen LogP contribution in [0.25, 0.3) is 36.5 Å². The van der Waals surface area contributed by atoms with Gasteiger partial charge in [-0.15, -0.1) is 0 Å². The molecular weight excluding hydrogens is 943 g/mol. The van der Waals surface area contributed by atoms with E-state index < -0.39 is 0 Å². The summed E-state index contributed by atoms with van der Waals surface area (Å²) in [6.45, 7) is 13.4. The molecule has 0 aliphatic rings. The zero-order chi connectivity index (χ0) is 53.8. The summed E-state index contributed by atoms with van der Waals surface area (Å²) in [6.07, 6.45) is 13.3. The second-order valence-corrected chi connectivity index (χ2v) is 21.0. The van der Waals surface area contributed by atoms with E-state index in [1.165, 1.54) is 16.7 Å². The molecule has 10 rings (SSSR count). The van der Waals surface area contributed by atoms with Gasteiger partial charge in [0, 0.05) is 51.2 Å². The molecule has 78 heavy (non-hydrogen) atoms. The molecule has 384 valence electrons. The molecule has 0 radical (unpaired) electrons. The topological polar surface area (TPSA) is 9.72 Å². The molecule has 3 nitrogen and oxygen atoms in total. The van der Waals surface area contributed by atoms with Crippen molar-refractivity contribution in [3.05, 3.63) is 305 Å². The third kappa shape index (κ3) is 12.9. The predicted molar refractivity (Wildman–Crippen MR) is 339 cm³/mol. The molecule has 10 aromatic rings. The maximum Gasteiger partial charge on any atom is 0.0462 e. The van der Waals surface area contributed by atoms with Crippen LogP contribution in [-0.2, 0) is 0 Å². The average Bonchev–Trinajstić information content (AvgIpc) is 3.49. The zero-order valence-electron chi connectivity index (χ0n) is 45.8. The lowest BCUT2D eigenvalue weighted by atomic mass is 10.0. The highest BCUT2D eigenvalue weighted by Crippen LogP contribution is 2.39. The van der Waals surface area contributed by atoms with Gasteiger partial charge in [0.05, 0.1) is 0 Å². The summed E-state index contributed by atoms with van der Waals surface area (Å²) in [5.74, 6) is 1.42. The monoisotopic (exact) mass is 1010 g/mol. The molecule has 0 fully saturated rings. The summed E-state index contributed by atoms with van der Waals surface area (Å²) in [7, 11) is 0. The van der Waals surface area contributed by atoms with E-state index in [1.54, 1.807) is 0 Å². The van der Waals surface area contributed by atoms with Gasteiger partial charge >= 0.3 is 0 Å². The number of rotatable bonds is 18. The van der Waals surface area contributed by atoms with Crippen molar-refractivity contribution in [2.75, 3.05) is 14.7 Å². The van der Waals surface area contributed by atoms with E-state index in [1.807, 2.05) is 0 Å². The van der Waals surface area contributed by atoms with Crippen LogP contribution in [-0.4, -0.2) is 0 Å². The smallest absolute Gasteiger partial charge is 0.0462 e. The minimum Gasteiger partial charge on any atom is -0.311 e. The van der Waals surface area contributed by atoms with Gasteiger partial charge in [-0.1, -0.05) is 205 Å². The van der Waals surface area contributed by atoms with Crippen molar-refractivity contribution in [1.82, 2.24) is 0 Å². The Labute approximate surface area is 464 Å². The molecule has 0 unspecified atom stereocenters. The van der Waals surface area contributed by atoms with Crippen LogP contribution in [0.4, 0.5) is 51.2 Å². The van der Waals surface area contributed by atoms with E-state index in [9.17, 15) is 0 Å². The third-order valence-corrected chi connectivity index (χ3v) is 14.4. The Morgan fingerprint density at radius 1 is 0.205 bits per heavy atom. The van der Waals surface area contributed by atoms with E-state index in [0.29, 0.717) is 17.8 Å². The maximum atomic E-state index is 2.32. The number of hydrogen-bond donors (Lipinski definition) is 0. The van der Waals surface area contributed by atoms with Crippen molar-refractivity contribution in [2.24, 2.45) is 0 Å². The molecule has 0 amide bonds. The fourth-order valence-corrected chi connectivity index (χ4v) is 9.87. The van der Waals surface area contributed by atoms with Crippen LogP contribution in [0, 0.1) is 0 Å². The van der Waals surface area contributed by atoms with Crippen molar-refractivity contribution in [2.45, 2.75) is 59.3 Å². The zero-order valence-corrected chi connectivity index (χ0v) is 45.8. The highest BCUT2D eigenvalue weighted by molar-refractivity contribution is 5.83. The van der Waals surface area contributed by atoms with Gasteiger partial charge in [-0.2, -0.15) is 0 Å². The fraction of sp³-hybridized carbons (Fsp3) is 0.120. The van der Waals surface area contributed by atoms with Gasteiger partial charge in [0.15, 0.2) is 0 Å². The lowest BCUT2D eigenvalue weighted by molar-refractivity contribution is 0.866. The van der Waals surface area contributed by atoms with Crippen molar-refractivity contribution in [1.29, 1.82) is 0 Å². The number of nitrogens with zero attached hydrogens (tertiary/aromatic N) is 3. The molecule has 0 saturated carbocycles. The lowest BCUT2D eigenvalue weighted by Crippen LogP contribution is -2.09. The van der Waals surface area contributed by atoms with E-state index in [2.05, 4.69) is 347 Å². The summed E-state index contributed by atoms with van der Waals surface area (Å²) in [5.41, 5.74) is 20.8. The van der Waals surface area contributed by atoms with Crippen LogP contribution in [0.15, 0.2) is 255 Å². The summed E-state index contributed by atoms with van der Waals surface area (Å²) in [5, 5.41) is 0. The third-order valence-electron chi connectivity index (χ3n) is 14.4. The molecule has 0 atom stereocenters. The molecule has 0 saturated heterocycles. The van der Waals surface area contributed by atoms with Crippen LogP contribution in [0.3, 0.4) is 0 Å². The summed E-state index contributed by atoms with van der Waals surface area (Å²) in [4.78, 5) is 6.97. The molecule has 0 bridgehead atoms. The molecule has 3 heteroatoms. The highest BCUT2D eigenvalue weighted by atomic mass is 15.2. The Hall–Kier alpha value is -9.18. The standard InChI is InChI=1S/C75H69N3/c1-55(2)64-34-46-73(47-35-64)76(67-16-10-7-11-17-67)70-40-28-58(29-41-70)22-25-61-52-62(26-23-59-30-42-71(43-31-59)77(68-18-12-8-13-19-68)74-48-36-65(37-49-74)56(3)4)54-63(53-61)27-24-60-32-44-72(45-33-60)78(69-20-14-9-15-21-69)75-50-38-66(39-51-75)57(5)6/h7-57H,1-6H3/b25-22+,26-23+,27-24+. The second kappa shape index (κ2) is 24.7. The molecule has 0 N–H and O–H groups in total. The first-order chi connectivity index (χ1) is 38.1. The van der Waals surface area contributed by atoms with Gasteiger partial charge in [-0.25, -0.2) is 0 Å². The summed E-state index contributed by atoms with van der Waals surface area (Å²) in [6, 6.07) is 92.0. The first-order valence-corrected chi connectivity index (χ1v) is 27.5. The molecule has 10 aromatic carbocycles. The molecule has 0 spiro atoms. The van der Waals surface area contributed by atoms with Gasteiger partial charge < -0.3 is 14.7 Å². The second-order valence-electron chi connectivity index (χ2n) is 21.0. The van der Waals surface area contributed by atoms with Crippen LogP contribution in [0.2, 0.25) is 0 Å². The predicted octanol–water partition coefficient (Wildman–Crippen LogP) is 22.0. The van der Waals surface area contributed by atoms with Crippen LogP contribution >= 0.6 is 0 Å². The van der Waals surface area contributed by atoms with Gasteiger partial charge in [0.25, 0.3) is 0 Å². The molecular formula is C75H69N3. The van der Waals surface area contributed by atoms with Crippen molar-refractivity contribution >= 4 is 87.6 Å². The number of anilines is 9. The van der Waals surface area contributed by atoms with E-state index in [-0.39, 0.29) is 0 Å². The first kappa shape index (κ1) is 52.3. The number of benzene rings is 10. The molecule has 0 aliphatic heterocycles. The lowest BCUT2D eigenvalue weighted by Gasteiger charge is -2.26. The van der Waals surface area contributed by atoms with Gasteiger partial charge in [0.2, 0.25) is 0 Å². The minimum atomic E-state index is 0.474. The average molecular weight is 1010 g/mol. The summed E-state index contributed by atoms with van der Waals surface area (Å²) < 4.78 is 0. The Morgan fingerprint density at radius 3 is 0.590 bits per heavy atom. The van der Waals surface area contributed by atoms with Gasteiger partial charge in [0.1, 0.15) is 0 Å². The van der Waals surface area contributed by atoms with Crippen LogP contribution < -0.4 is 14.7 Å². The largest absolute Gasteiger partial charge is 0.311 e. The van der Waals surface area contributed by atoms with E-state index in [4.69, 9.17) is 0 Å². The van der Waals surface area contributed by atoms with Crippen molar-refractivity contribution in [3.8, 4) is 0 Å². The van der Waals surface area contributed by atoms with Crippen LogP contribution in [0.1, 0.15) is 109 Å². The van der Waals surface area contributed by atoms with Crippen molar-refractivity contribution in [3.63, 3.8) is 0 Å². The Balaban J connectivity index is 0.942. The van der Waals surface area contributed by atoms with Crippen LogP contribution in [0.5, 0.6) is 0 Å². The molecule has 0 aromatic heterocycles. The Morgan fingerprint density at radius 2 is 0.385 bits per heavy atom. The van der Waals surface area contributed by atoms with Gasteiger partial charge in [-0.05, 0) is 195 Å². The maximum absolute atomic E-state index is 2.32. The Bertz CT molecular complexity index is 3180.